The molecule has 0 radical (unpaired) electrons. The van der Waals surface area contributed by atoms with E-state index in [9.17, 15) is 4.79 Å². The minimum atomic E-state index is -0.451. The third-order valence-corrected chi connectivity index (χ3v) is 3.43. The van der Waals surface area contributed by atoms with Gasteiger partial charge in [0.1, 0.15) is 6.61 Å². The summed E-state index contributed by atoms with van der Waals surface area (Å²) in [5.74, 6) is -0.451. The van der Waals surface area contributed by atoms with Crippen molar-refractivity contribution in [3.05, 3.63) is 24.0 Å². The Morgan fingerprint density at radius 2 is 2.50 bits per heavy atom. The van der Waals surface area contributed by atoms with Crippen LogP contribution < -0.4 is 0 Å². The molecule has 2 rings (SSSR count). The number of ether oxygens (including phenoxy) is 2. The predicted molar refractivity (Wildman–Crippen MR) is 73.4 cm³/mol. The first kappa shape index (κ1) is 14.7. The van der Waals surface area contributed by atoms with Gasteiger partial charge in [-0.25, -0.2) is 9.48 Å². The summed E-state index contributed by atoms with van der Waals surface area (Å²) in [7, 11) is 0. The maximum absolute atomic E-state index is 11.7. The van der Waals surface area contributed by atoms with Crippen LogP contribution in [0.5, 0.6) is 0 Å². The molecule has 0 aromatic carbocycles. The molecule has 0 amide bonds. The number of rotatable bonds is 7. The second-order valence-corrected chi connectivity index (χ2v) is 4.91. The molecular formula is C14H21N3O3. The summed E-state index contributed by atoms with van der Waals surface area (Å²) < 4.78 is 12.3. The molecule has 0 aliphatic carbocycles. The number of esters is 1. The summed E-state index contributed by atoms with van der Waals surface area (Å²) in [4.78, 5) is 11.7. The van der Waals surface area contributed by atoms with Gasteiger partial charge < -0.3 is 9.47 Å². The van der Waals surface area contributed by atoms with E-state index in [2.05, 4.69) is 16.9 Å². The van der Waals surface area contributed by atoms with Gasteiger partial charge in [-0.15, -0.1) is 5.10 Å². The van der Waals surface area contributed by atoms with Crippen LogP contribution >= 0.6 is 0 Å². The van der Waals surface area contributed by atoms with Crippen molar-refractivity contribution in [2.24, 2.45) is 0 Å². The fraction of sp³-hybridized carbons (Fsp3) is 0.643. The van der Waals surface area contributed by atoms with E-state index in [1.165, 1.54) is 6.08 Å². The van der Waals surface area contributed by atoms with Crippen molar-refractivity contribution in [2.75, 3.05) is 13.2 Å². The molecule has 2 heterocycles. The predicted octanol–water partition coefficient (Wildman–Crippen LogP) is 1.89. The summed E-state index contributed by atoms with van der Waals surface area (Å²) in [6.07, 6.45) is 6.21. The van der Waals surface area contributed by atoms with E-state index in [0.29, 0.717) is 6.10 Å². The first-order valence-corrected chi connectivity index (χ1v) is 7.02. The van der Waals surface area contributed by atoms with Crippen LogP contribution in [-0.2, 0) is 16.0 Å². The molecule has 1 aliphatic heterocycles. The van der Waals surface area contributed by atoms with Crippen LogP contribution in [0, 0.1) is 6.92 Å². The molecule has 1 aromatic heterocycles. The van der Waals surface area contributed by atoms with Crippen molar-refractivity contribution in [1.29, 1.82) is 0 Å². The second-order valence-electron chi connectivity index (χ2n) is 4.91. The van der Waals surface area contributed by atoms with E-state index >= 15 is 0 Å². The van der Waals surface area contributed by atoms with Crippen LogP contribution in [0.15, 0.2) is 12.7 Å². The first-order valence-electron chi connectivity index (χ1n) is 7.02. The Morgan fingerprint density at radius 1 is 1.65 bits per heavy atom. The molecule has 1 aromatic rings. The summed E-state index contributed by atoms with van der Waals surface area (Å²) in [5, 5.41) is 7.90. The fourth-order valence-electron chi connectivity index (χ4n) is 2.31. The largest absolute Gasteiger partial charge is 0.457 e. The molecule has 6 nitrogen and oxygen atoms in total. The lowest BCUT2D eigenvalue weighted by molar-refractivity contribution is 0.0542. The van der Waals surface area contributed by atoms with Gasteiger partial charge in [0.15, 0.2) is 5.69 Å². The number of nitrogens with zero attached hydrogens (tertiary/aromatic N) is 3. The van der Waals surface area contributed by atoms with Crippen molar-refractivity contribution in [1.82, 2.24) is 15.0 Å². The Kier molecular flexibility index (Phi) is 5.29. The summed E-state index contributed by atoms with van der Waals surface area (Å²) in [5.41, 5.74) is 1.02. The zero-order valence-corrected chi connectivity index (χ0v) is 11.9. The quantitative estimate of drug-likeness (QED) is 0.563. The smallest absolute Gasteiger partial charge is 0.361 e. The maximum atomic E-state index is 11.7. The standard InChI is InChI=1S/C14H21N3O3/c1-3-9-20-14(18)13-11(2)17(16-15-13)8-4-6-12-7-5-10-19-12/h3,12H,1,4-10H2,2H3. The molecule has 1 atom stereocenters. The highest BCUT2D eigenvalue weighted by Gasteiger charge is 2.18. The molecule has 110 valence electrons. The van der Waals surface area contributed by atoms with Gasteiger partial charge in [-0.3, -0.25) is 0 Å². The van der Waals surface area contributed by atoms with E-state index in [4.69, 9.17) is 9.47 Å². The van der Waals surface area contributed by atoms with Crippen molar-refractivity contribution in [3.63, 3.8) is 0 Å². The first-order chi connectivity index (χ1) is 9.72. The van der Waals surface area contributed by atoms with Gasteiger partial charge in [-0.2, -0.15) is 0 Å². The highest BCUT2D eigenvalue weighted by atomic mass is 16.5. The van der Waals surface area contributed by atoms with Crippen molar-refractivity contribution in [3.8, 4) is 0 Å². The fourth-order valence-corrected chi connectivity index (χ4v) is 2.31. The van der Waals surface area contributed by atoms with E-state index < -0.39 is 5.97 Å². The summed E-state index contributed by atoms with van der Waals surface area (Å²) in [6.45, 7) is 7.14. The minimum Gasteiger partial charge on any atom is -0.457 e. The monoisotopic (exact) mass is 279 g/mol. The average Bonchev–Trinajstić information content (AvgIpc) is 3.07. The van der Waals surface area contributed by atoms with Crippen LogP contribution in [0.1, 0.15) is 41.9 Å². The van der Waals surface area contributed by atoms with Crippen LogP contribution in [0.4, 0.5) is 0 Å². The van der Waals surface area contributed by atoms with E-state index in [0.717, 1.165) is 44.5 Å². The molecule has 6 heteroatoms. The van der Waals surface area contributed by atoms with Gasteiger partial charge in [0, 0.05) is 13.2 Å². The topological polar surface area (TPSA) is 66.2 Å². The molecule has 20 heavy (non-hydrogen) atoms. The molecule has 0 saturated carbocycles. The van der Waals surface area contributed by atoms with Crippen molar-refractivity contribution >= 4 is 5.97 Å². The minimum absolute atomic E-state index is 0.185. The van der Waals surface area contributed by atoms with Gasteiger partial charge in [-0.1, -0.05) is 17.9 Å². The van der Waals surface area contributed by atoms with E-state index in [1.807, 2.05) is 6.92 Å². The Morgan fingerprint density at radius 3 is 3.20 bits per heavy atom. The molecule has 0 spiro atoms. The highest BCUT2D eigenvalue weighted by molar-refractivity contribution is 5.88. The van der Waals surface area contributed by atoms with Gasteiger partial charge in [0.2, 0.25) is 0 Å². The van der Waals surface area contributed by atoms with Crippen molar-refractivity contribution < 1.29 is 14.3 Å². The molecule has 1 unspecified atom stereocenters. The Labute approximate surface area is 118 Å². The lowest BCUT2D eigenvalue weighted by Gasteiger charge is -2.09. The Balaban J connectivity index is 1.84. The number of carbonyl (C=O) groups excluding carboxylic acids is 1. The zero-order chi connectivity index (χ0) is 14.4. The molecular weight excluding hydrogens is 258 g/mol. The lowest BCUT2D eigenvalue weighted by Crippen LogP contribution is -2.10. The van der Waals surface area contributed by atoms with Crippen LogP contribution in [0.3, 0.4) is 0 Å². The number of carbonyl (C=O) groups is 1. The van der Waals surface area contributed by atoms with Crippen LogP contribution in [0.25, 0.3) is 0 Å². The van der Waals surface area contributed by atoms with Gasteiger partial charge in [-0.05, 0) is 32.6 Å². The lowest BCUT2D eigenvalue weighted by atomic mass is 10.1. The second kappa shape index (κ2) is 7.19. The number of hydrogen-bond donors (Lipinski definition) is 0. The Bertz CT molecular complexity index is 464. The zero-order valence-electron chi connectivity index (χ0n) is 11.9. The third-order valence-electron chi connectivity index (χ3n) is 3.43. The summed E-state index contributed by atoms with van der Waals surface area (Å²) >= 11 is 0. The van der Waals surface area contributed by atoms with Crippen LogP contribution in [-0.4, -0.2) is 40.3 Å². The van der Waals surface area contributed by atoms with Crippen molar-refractivity contribution in [2.45, 2.75) is 45.3 Å². The molecule has 0 bridgehead atoms. The molecule has 1 aliphatic rings. The van der Waals surface area contributed by atoms with Gasteiger partial charge in [0.05, 0.1) is 11.8 Å². The summed E-state index contributed by atoms with van der Waals surface area (Å²) in [6, 6.07) is 0. The number of aryl methyl sites for hydroxylation is 1. The van der Waals surface area contributed by atoms with E-state index in [-0.39, 0.29) is 12.3 Å². The molecule has 1 fully saturated rings. The average molecular weight is 279 g/mol. The normalized spacial score (nSPS) is 18.1. The van der Waals surface area contributed by atoms with Gasteiger partial charge in [0.25, 0.3) is 0 Å². The Hall–Kier alpha value is -1.69. The number of hydrogen-bond acceptors (Lipinski definition) is 5. The molecule has 1 saturated heterocycles. The van der Waals surface area contributed by atoms with Crippen LogP contribution in [0.2, 0.25) is 0 Å². The molecule has 0 N–H and O–H groups in total. The van der Waals surface area contributed by atoms with E-state index in [1.54, 1.807) is 4.68 Å². The highest BCUT2D eigenvalue weighted by Crippen LogP contribution is 2.17. The van der Waals surface area contributed by atoms with Gasteiger partial charge >= 0.3 is 5.97 Å². The third kappa shape index (κ3) is 3.66. The SMILES string of the molecule is C=CCOC(=O)c1nnn(CCCC2CCCO2)c1C. The maximum Gasteiger partial charge on any atom is 0.361 e. The number of aromatic nitrogens is 3.